The van der Waals surface area contributed by atoms with Crippen LogP contribution < -0.4 is 5.32 Å². The van der Waals surface area contributed by atoms with E-state index in [0.717, 1.165) is 12.1 Å². The Labute approximate surface area is 134 Å². The molecule has 1 N–H and O–H groups in total. The summed E-state index contributed by atoms with van der Waals surface area (Å²) in [5.41, 5.74) is 3.61. The van der Waals surface area contributed by atoms with Gasteiger partial charge in [0.25, 0.3) is 5.91 Å². The Morgan fingerprint density at radius 2 is 2.05 bits per heavy atom. The molecule has 22 heavy (non-hydrogen) atoms. The van der Waals surface area contributed by atoms with Gasteiger partial charge in [-0.15, -0.1) is 0 Å². The molecule has 0 radical (unpaired) electrons. The van der Waals surface area contributed by atoms with Gasteiger partial charge in [-0.05, 0) is 34.9 Å². The quantitative estimate of drug-likeness (QED) is 0.905. The molecule has 1 aliphatic carbocycles. The maximum absolute atomic E-state index is 12.4. The number of nitrogens with zero attached hydrogens (tertiary/aromatic N) is 2. The molecule has 0 saturated heterocycles. The van der Waals surface area contributed by atoms with Gasteiger partial charge < -0.3 is 5.32 Å². The molecule has 1 aromatic carbocycles. The minimum Gasteiger partial charge on any atom is -0.320 e. The third-order valence-corrected chi connectivity index (χ3v) is 4.54. The Morgan fingerprint density at radius 1 is 1.32 bits per heavy atom. The third-order valence-electron chi connectivity index (χ3n) is 4.26. The highest BCUT2D eigenvalue weighted by atomic mass is 35.5. The maximum atomic E-state index is 12.4. The highest BCUT2D eigenvalue weighted by molar-refractivity contribution is 6.32. The molecule has 1 atom stereocenters. The number of carbonyl (C=O) groups is 1. The van der Waals surface area contributed by atoms with Gasteiger partial charge in [0, 0.05) is 18.1 Å². The van der Waals surface area contributed by atoms with Gasteiger partial charge in [-0.2, -0.15) is 0 Å². The van der Waals surface area contributed by atoms with Gasteiger partial charge in [-0.25, -0.2) is 9.97 Å². The number of benzene rings is 1. The molecule has 1 heterocycles. The molecule has 0 fully saturated rings. The van der Waals surface area contributed by atoms with Crippen molar-refractivity contribution < 1.29 is 4.79 Å². The number of amides is 1. The molecule has 0 spiro atoms. The van der Waals surface area contributed by atoms with Gasteiger partial charge in [0.05, 0.1) is 0 Å². The SMILES string of the molecule is CC1CC(C)(C)c2cccc(NC(=O)c3nccnc3Cl)c21. The summed E-state index contributed by atoms with van der Waals surface area (Å²) in [6.45, 7) is 6.67. The lowest BCUT2D eigenvalue weighted by Gasteiger charge is -2.19. The molecule has 5 heteroatoms. The van der Waals surface area contributed by atoms with Crippen molar-refractivity contribution in [3.05, 3.63) is 52.6 Å². The first-order valence-corrected chi connectivity index (χ1v) is 7.69. The van der Waals surface area contributed by atoms with Gasteiger partial charge in [0.1, 0.15) is 0 Å². The average molecular weight is 316 g/mol. The first kappa shape index (κ1) is 15.0. The van der Waals surface area contributed by atoms with Crippen LogP contribution >= 0.6 is 11.6 Å². The fourth-order valence-corrected chi connectivity index (χ4v) is 3.62. The lowest BCUT2D eigenvalue weighted by molar-refractivity contribution is 0.102. The molecular formula is C17H18ClN3O. The van der Waals surface area contributed by atoms with Crippen molar-refractivity contribution >= 4 is 23.2 Å². The topological polar surface area (TPSA) is 54.9 Å². The van der Waals surface area contributed by atoms with E-state index in [1.165, 1.54) is 23.5 Å². The van der Waals surface area contributed by atoms with E-state index in [9.17, 15) is 4.79 Å². The zero-order valence-corrected chi connectivity index (χ0v) is 13.6. The molecule has 1 amide bonds. The van der Waals surface area contributed by atoms with E-state index < -0.39 is 0 Å². The van der Waals surface area contributed by atoms with Crippen LogP contribution in [0.1, 0.15) is 54.7 Å². The zero-order chi connectivity index (χ0) is 15.9. The summed E-state index contributed by atoms with van der Waals surface area (Å²) in [4.78, 5) is 20.3. The molecule has 1 aliphatic rings. The first-order valence-electron chi connectivity index (χ1n) is 7.31. The van der Waals surface area contributed by atoms with Crippen LogP contribution in [0.3, 0.4) is 0 Å². The van der Waals surface area contributed by atoms with Crippen molar-refractivity contribution in [1.29, 1.82) is 0 Å². The van der Waals surface area contributed by atoms with Crippen LogP contribution in [0, 0.1) is 0 Å². The minimum absolute atomic E-state index is 0.112. The predicted molar refractivity (Wildman–Crippen MR) is 87.5 cm³/mol. The number of hydrogen-bond acceptors (Lipinski definition) is 3. The van der Waals surface area contributed by atoms with Crippen LogP contribution in [-0.4, -0.2) is 15.9 Å². The number of halogens is 1. The van der Waals surface area contributed by atoms with Crippen molar-refractivity contribution in [2.75, 3.05) is 5.32 Å². The van der Waals surface area contributed by atoms with E-state index >= 15 is 0 Å². The molecule has 2 aromatic rings. The molecule has 0 bridgehead atoms. The van der Waals surface area contributed by atoms with E-state index in [2.05, 4.69) is 42.1 Å². The molecule has 1 aromatic heterocycles. The fourth-order valence-electron chi connectivity index (χ4n) is 3.43. The van der Waals surface area contributed by atoms with Crippen LogP contribution in [0.4, 0.5) is 5.69 Å². The highest BCUT2D eigenvalue weighted by Crippen LogP contribution is 2.48. The van der Waals surface area contributed by atoms with Crippen LogP contribution in [0.5, 0.6) is 0 Å². The summed E-state index contributed by atoms with van der Waals surface area (Å²) in [5.74, 6) is 0.0715. The van der Waals surface area contributed by atoms with Gasteiger partial charge in [0.15, 0.2) is 10.8 Å². The largest absolute Gasteiger partial charge is 0.320 e. The molecule has 1 unspecified atom stereocenters. The number of aromatic nitrogens is 2. The minimum atomic E-state index is -0.330. The lowest BCUT2D eigenvalue weighted by Crippen LogP contribution is -2.16. The number of anilines is 1. The van der Waals surface area contributed by atoms with E-state index in [1.807, 2.05) is 12.1 Å². The van der Waals surface area contributed by atoms with Gasteiger partial charge >= 0.3 is 0 Å². The van der Waals surface area contributed by atoms with Gasteiger partial charge in [0.2, 0.25) is 0 Å². The van der Waals surface area contributed by atoms with Crippen LogP contribution in [0.2, 0.25) is 5.15 Å². The van der Waals surface area contributed by atoms with Crippen molar-refractivity contribution in [3.8, 4) is 0 Å². The fraction of sp³-hybridized carbons (Fsp3) is 0.353. The number of fused-ring (bicyclic) bond motifs is 1. The summed E-state index contributed by atoms with van der Waals surface area (Å²) >= 11 is 5.94. The first-order chi connectivity index (χ1) is 10.4. The summed E-state index contributed by atoms with van der Waals surface area (Å²) < 4.78 is 0. The Bertz CT molecular complexity index is 742. The monoisotopic (exact) mass is 315 g/mol. The van der Waals surface area contributed by atoms with E-state index in [-0.39, 0.29) is 22.2 Å². The lowest BCUT2D eigenvalue weighted by atomic mass is 9.86. The zero-order valence-electron chi connectivity index (χ0n) is 12.9. The summed E-state index contributed by atoms with van der Waals surface area (Å²) in [6.07, 6.45) is 3.99. The number of carbonyl (C=O) groups excluding carboxylic acids is 1. The van der Waals surface area contributed by atoms with E-state index in [1.54, 1.807) is 0 Å². The standard InChI is InChI=1S/C17H18ClN3O/c1-10-9-17(2,3)11-5-4-6-12(13(10)11)21-16(22)14-15(18)20-8-7-19-14/h4-8,10H,9H2,1-3H3,(H,21,22). The van der Waals surface area contributed by atoms with E-state index in [4.69, 9.17) is 11.6 Å². The molecular weight excluding hydrogens is 298 g/mol. The molecule has 114 valence electrons. The van der Waals surface area contributed by atoms with Gasteiger partial charge in [-0.1, -0.05) is 44.5 Å². The number of hydrogen-bond donors (Lipinski definition) is 1. The van der Waals surface area contributed by atoms with E-state index in [0.29, 0.717) is 5.92 Å². The smallest absolute Gasteiger partial charge is 0.277 e. The van der Waals surface area contributed by atoms with Crippen molar-refractivity contribution in [1.82, 2.24) is 9.97 Å². The summed E-state index contributed by atoms with van der Waals surface area (Å²) in [6, 6.07) is 6.05. The van der Waals surface area contributed by atoms with Crippen LogP contribution in [-0.2, 0) is 5.41 Å². The van der Waals surface area contributed by atoms with Crippen molar-refractivity contribution in [2.24, 2.45) is 0 Å². The maximum Gasteiger partial charge on any atom is 0.277 e. The molecule has 0 aliphatic heterocycles. The average Bonchev–Trinajstić information content (AvgIpc) is 2.70. The second-order valence-electron chi connectivity index (χ2n) is 6.41. The Kier molecular flexibility index (Phi) is 3.65. The van der Waals surface area contributed by atoms with Crippen LogP contribution in [0.15, 0.2) is 30.6 Å². The number of nitrogens with one attached hydrogen (secondary N) is 1. The normalized spacial score (nSPS) is 18.8. The third kappa shape index (κ3) is 2.48. The molecule has 0 saturated carbocycles. The summed E-state index contributed by atoms with van der Waals surface area (Å²) in [7, 11) is 0. The Hall–Kier alpha value is -1.94. The van der Waals surface area contributed by atoms with Crippen molar-refractivity contribution in [2.45, 2.75) is 38.5 Å². The second kappa shape index (κ2) is 5.36. The Morgan fingerprint density at radius 3 is 2.77 bits per heavy atom. The molecule has 4 nitrogen and oxygen atoms in total. The summed E-state index contributed by atoms with van der Waals surface area (Å²) in [5, 5.41) is 3.05. The number of rotatable bonds is 2. The second-order valence-corrected chi connectivity index (χ2v) is 6.76. The van der Waals surface area contributed by atoms with Crippen molar-refractivity contribution in [3.63, 3.8) is 0 Å². The van der Waals surface area contributed by atoms with Crippen LogP contribution in [0.25, 0.3) is 0 Å². The Balaban J connectivity index is 1.97. The predicted octanol–water partition coefficient (Wildman–Crippen LogP) is 4.17. The highest BCUT2D eigenvalue weighted by Gasteiger charge is 2.36. The van der Waals surface area contributed by atoms with Gasteiger partial charge in [-0.3, -0.25) is 4.79 Å². The molecule has 3 rings (SSSR count).